The van der Waals surface area contributed by atoms with Crippen LogP contribution in [0.15, 0.2) is 55.1 Å². The molecule has 134 valence electrons. The monoisotopic (exact) mass is 389 g/mol. The van der Waals surface area contributed by atoms with Crippen molar-refractivity contribution in [3.05, 3.63) is 76.3 Å². The number of halogens is 2. The number of benzene rings is 2. The molecular formula is C18H17Cl2N5O. The van der Waals surface area contributed by atoms with Gasteiger partial charge in [0.15, 0.2) is 0 Å². The van der Waals surface area contributed by atoms with Crippen LogP contribution in [-0.4, -0.2) is 20.2 Å². The molecule has 0 amide bonds. The summed E-state index contributed by atoms with van der Waals surface area (Å²) in [5, 5.41) is 15.7. The molecule has 6 nitrogen and oxygen atoms in total. The number of rotatable bonds is 8. The Hall–Kier alpha value is -2.57. The van der Waals surface area contributed by atoms with E-state index in [1.807, 2.05) is 30.3 Å². The fraction of sp³-hybridized carbons (Fsp3) is 0.167. The van der Waals surface area contributed by atoms with Crippen molar-refractivity contribution in [1.29, 1.82) is 0 Å². The summed E-state index contributed by atoms with van der Waals surface area (Å²) < 4.78 is 7.48. The summed E-state index contributed by atoms with van der Waals surface area (Å²) >= 11 is 12.0. The summed E-state index contributed by atoms with van der Waals surface area (Å²) in [4.78, 5) is 0. The minimum atomic E-state index is 0.408. The van der Waals surface area contributed by atoms with Crippen LogP contribution in [0, 0.1) is 0 Å². The first-order chi connectivity index (χ1) is 12.7. The minimum absolute atomic E-state index is 0.408. The third kappa shape index (κ3) is 4.74. The lowest BCUT2D eigenvalue weighted by Gasteiger charge is -2.10. The second-order valence-corrected chi connectivity index (χ2v) is 6.33. The predicted octanol–water partition coefficient (Wildman–Crippen LogP) is 4.36. The molecule has 2 aromatic carbocycles. The van der Waals surface area contributed by atoms with Gasteiger partial charge in [0.1, 0.15) is 12.4 Å². The van der Waals surface area contributed by atoms with Gasteiger partial charge in [-0.05, 0) is 45.8 Å². The van der Waals surface area contributed by atoms with E-state index in [0.29, 0.717) is 35.7 Å². The van der Waals surface area contributed by atoms with Crippen LogP contribution < -0.4 is 10.1 Å². The van der Waals surface area contributed by atoms with Gasteiger partial charge >= 0.3 is 0 Å². The van der Waals surface area contributed by atoms with Crippen molar-refractivity contribution >= 4 is 29.2 Å². The van der Waals surface area contributed by atoms with E-state index in [1.54, 1.807) is 22.9 Å². The van der Waals surface area contributed by atoms with Crippen LogP contribution in [0.4, 0.5) is 5.95 Å². The summed E-state index contributed by atoms with van der Waals surface area (Å²) in [6, 6.07) is 13.3. The molecular weight excluding hydrogens is 373 g/mol. The first kappa shape index (κ1) is 18.2. The molecule has 1 N–H and O–H groups in total. The first-order valence-corrected chi connectivity index (χ1v) is 8.68. The maximum atomic E-state index is 6.03. The molecule has 0 saturated carbocycles. The van der Waals surface area contributed by atoms with Crippen LogP contribution in [0.25, 0.3) is 0 Å². The van der Waals surface area contributed by atoms with Crippen molar-refractivity contribution in [2.24, 2.45) is 0 Å². The SMILES string of the molecule is C=CCn1nnnc1NCc1cccc(OCc2ccc(Cl)c(Cl)c2)c1. The molecule has 3 rings (SSSR count). The quantitative estimate of drug-likeness (QED) is 0.579. The molecule has 0 bridgehead atoms. The predicted molar refractivity (Wildman–Crippen MR) is 103 cm³/mol. The Morgan fingerprint density at radius 2 is 2.00 bits per heavy atom. The van der Waals surface area contributed by atoms with Gasteiger partial charge < -0.3 is 10.1 Å². The van der Waals surface area contributed by atoms with Gasteiger partial charge in [-0.15, -0.1) is 6.58 Å². The molecule has 26 heavy (non-hydrogen) atoms. The van der Waals surface area contributed by atoms with Crippen molar-refractivity contribution in [2.75, 3.05) is 5.32 Å². The topological polar surface area (TPSA) is 64.9 Å². The van der Waals surface area contributed by atoms with Crippen LogP contribution in [0.3, 0.4) is 0 Å². The molecule has 0 atom stereocenters. The molecule has 0 unspecified atom stereocenters. The van der Waals surface area contributed by atoms with Crippen molar-refractivity contribution in [3.63, 3.8) is 0 Å². The van der Waals surface area contributed by atoms with Crippen molar-refractivity contribution in [1.82, 2.24) is 20.2 Å². The fourth-order valence-electron chi connectivity index (χ4n) is 2.30. The van der Waals surface area contributed by atoms with E-state index in [1.165, 1.54) is 0 Å². The number of allylic oxidation sites excluding steroid dienone is 1. The summed E-state index contributed by atoms with van der Waals surface area (Å²) in [7, 11) is 0. The highest BCUT2D eigenvalue weighted by molar-refractivity contribution is 6.42. The molecule has 0 spiro atoms. The second-order valence-electron chi connectivity index (χ2n) is 5.51. The normalized spacial score (nSPS) is 10.5. The largest absolute Gasteiger partial charge is 0.489 e. The maximum Gasteiger partial charge on any atom is 0.243 e. The highest BCUT2D eigenvalue weighted by atomic mass is 35.5. The Morgan fingerprint density at radius 1 is 1.12 bits per heavy atom. The lowest BCUT2D eigenvalue weighted by atomic mass is 10.2. The fourth-order valence-corrected chi connectivity index (χ4v) is 2.62. The lowest BCUT2D eigenvalue weighted by molar-refractivity contribution is 0.306. The zero-order chi connectivity index (χ0) is 18.4. The van der Waals surface area contributed by atoms with Crippen molar-refractivity contribution < 1.29 is 4.74 Å². The summed E-state index contributed by atoms with van der Waals surface area (Å²) in [6.45, 7) is 5.21. The number of hydrogen-bond acceptors (Lipinski definition) is 5. The standard InChI is InChI=1S/C18H17Cl2N5O/c1-2-8-25-18(22-23-24-25)21-11-13-4-3-5-15(9-13)26-12-14-6-7-16(19)17(20)10-14/h2-7,9-10H,1,8,11-12H2,(H,21,22,24). The Balaban J connectivity index is 1.59. The van der Waals surface area contributed by atoms with Crippen LogP contribution >= 0.6 is 23.2 Å². The molecule has 0 fully saturated rings. The molecule has 1 heterocycles. The second kappa shape index (κ2) is 8.69. The lowest BCUT2D eigenvalue weighted by Crippen LogP contribution is -2.08. The van der Waals surface area contributed by atoms with Gasteiger partial charge in [0.05, 0.1) is 16.6 Å². The first-order valence-electron chi connectivity index (χ1n) is 7.92. The number of nitrogens with zero attached hydrogens (tertiary/aromatic N) is 4. The zero-order valence-electron chi connectivity index (χ0n) is 13.9. The number of hydrogen-bond donors (Lipinski definition) is 1. The van der Waals surface area contributed by atoms with Gasteiger partial charge in [0.25, 0.3) is 0 Å². The van der Waals surface area contributed by atoms with Gasteiger partial charge in [-0.1, -0.05) is 52.6 Å². The maximum absolute atomic E-state index is 6.03. The summed E-state index contributed by atoms with van der Waals surface area (Å²) in [5.74, 6) is 1.35. The number of anilines is 1. The van der Waals surface area contributed by atoms with Crippen LogP contribution in [0.1, 0.15) is 11.1 Å². The number of tetrazole rings is 1. The molecule has 0 aliphatic heterocycles. The van der Waals surface area contributed by atoms with E-state index in [0.717, 1.165) is 16.9 Å². The molecule has 8 heteroatoms. The minimum Gasteiger partial charge on any atom is -0.489 e. The van der Waals surface area contributed by atoms with Crippen molar-refractivity contribution in [3.8, 4) is 5.75 Å². The Morgan fingerprint density at radius 3 is 2.81 bits per heavy atom. The average Bonchev–Trinajstić information content (AvgIpc) is 3.09. The third-order valence-corrected chi connectivity index (χ3v) is 4.31. The van der Waals surface area contributed by atoms with Crippen LogP contribution in [0.5, 0.6) is 5.75 Å². The molecule has 0 saturated heterocycles. The van der Waals surface area contributed by atoms with E-state index in [9.17, 15) is 0 Å². The van der Waals surface area contributed by atoms with Crippen LogP contribution in [-0.2, 0) is 19.7 Å². The van der Waals surface area contributed by atoms with Crippen LogP contribution in [0.2, 0.25) is 10.0 Å². The molecule has 1 aromatic heterocycles. The van der Waals surface area contributed by atoms with Crippen molar-refractivity contribution in [2.45, 2.75) is 19.7 Å². The molecule has 0 aliphatic carbocycles. The van der Waals surface area contributed by atoms with E-state index in [2.05, 4.69) is 27.4 Å². The summed E-state index contributed by atoms with van der Waals surface area (Å²) in [5.41, 5.74) is 2.00. The highest BCUT2D eigenvalue weighted by Crippen LogP contribution is 2.23. The molecule has 0 radical (unpaired) electrons. The van der Waals surface area contributed by atoms with E-state index >= 15 is 0 Å². The average molecular weight is 390 g/mol. The van der Waals surface area contributed by atoms with Gasteiger partial charge in [-0.2, -0.15) is 0 Å². The number of nitrogens with one attached hydrogen (secondary N) is 1. The van der Waals surface area contributed by atoms with Gasteiger partial charge in [-0.3, -0.25) is 0 Å². The van der Waals surface area contributed by atoms with E-state index < -0.39 is 0 Å². The Bertz CT molecular complexity index is 897. The zero-order valence-corrected chi connectivity index (χ0v) is 15.4. The molecule has 0 aliphatic rings. The molecule has 3 aromatic rings. The summed E-state index contributed by atoms with van der Waals surface area (Å²) in [6.07, 6.45) is 1.74. The smallest absolute Gasteiger partial charge is 0.243 e. The Kier molecular flexibility index (Phi) is 6.09. The third-order valence-electron chi connectivity index (χ3n) is 3.57. The van der Waals surface area contributed by atoms with E-state index in [4.69, 9.17) is 27.9 Å². The Labute approximate surface area is 161 Å². The van der Waals surface area contributed by atoms with Gasteiger partial charge in [0.2, 0.25) is 5.95 Å². The number of aromatic nitrogens is 4. The van der Waals surface area contributed by atoms with Gasteiger partial charge in [0, 0.05) is 6.54 Å². The highest BCUT2D eigenvalue weighted by Gasteiger charge is 2.05. The van der Waals surface area contributed by atoms with Gasteiger partial charge in [-0.25, -0.2) is 4.68 Å². The number of ether oxygens (including phenoxy) is 1. The van der Waals surface area contributed by atoms with E-state index in [-0.39, 0.29) is 0 Å².